The SMILES string of the molecule is C=CCOC(=O)c1ccc2nc(-c3ccccc3Cl)sc2c1. The first-order chi connectivity index (χ1) is 10.7. The Labute approximate surface area is 136 Å². The standard InChI is InChI=1S/C17H12ClNO2S/c1-2-9-21-17(20)11-7-8-14-15(10-11)22-16(19-14)12-5-3-4-6-13(12)18/h2-8,10H,1,9H2. The summed E-state index contributed by atoms with van der Waals surface area (Å²) in [4.78, 5) is 16.4. The zero-order valence-electron chi connectivity index (χ0n) is 11.6. The molecule has 0 unspecified atom stereocenters. The molecule has 0 N–H and O–H groups in total. The first-order valence-corrected chi connectivity index (χ1v) is 7.82. The maximum atomic E-state index is 11.9. The van der Waals surface area contributed by atoms with Crippen molar-refractivity contribution in [3.63, 3.8) is 0 Å². The van der Waals surface area contributed by atoms with E-state index in [2.05, 4.69) is 11.6 Å². The van der Waals surface area contributed by atoms with Crippen molar-refractivity contribution in [2.24, 2.45) is 0 Å². The molecule has 5 heteroatoms. The largest absolute Gasteiger partial charge is 0.458 e. The molecule has 0 aliphatic carbocycles. The maximum absolute atomic E-state index is 11.9. The Hall–Kier alpha value is -2.17. The third-order valence-electron chi connectivity index (χ3n) is 3.06. The molecular formula is C17H12ClNO2S. The number of aromatic nitrogens is 1. The Morgan fingerprint density at radius 3 is 2.91 bits per heavy atom. The Bertz CT molecular complexity index is 857. The highest BCUT2D eigenvalue weighted by Gasteiger charge is 2.12. The van der Waals surface area contributed by atoms with Crippen molar-refractivity contribution in [1.82, 2.24) is 4.98 Å². The van der Waals surface area contributed by atoms with E-state index < -0.39 is 0 Å². The lowest BCUT2D eigenvalue weighted by molar-refractivity contribution is 0.0550. The Kier molecular flexibility index (Phi) is 4.22. The highest BCUT2D eigenvalue weighted by Crippen LogP contribution is 2.34. The molecule has 0 aliphatic heterocycles. The van der Waals surface area contributed by atoms with Gasteiger partial charge in [0.15, 0.2) is 0 Å². The summed E-state index contributed by atoms with van der Waals surface area (Å²) in [5.74, 6) is -0.366. The third-order valence-corrected chi connectivity index (χ3v) is 4.44. The van der Waals surface area contributed by atoms with Crippen LogP contribution in [0.5, 0.6) is 0 Å². The zero-order chi connectivity index (χ0) is 15.5. The number of nitrogens with zero attached hydrogens (tertiary/aromatic N) is 1. The number of rotatable bonds is 4. The molecule has 1 heterocycles. The van der Waals surface area contributed by atoms with Crippen LogP contribution in [-0.4, -0.2) is 17.6 Å². The Morgan fingerprint density at radius 1 is 1.32 bits per heavy atom. The van der Waals surface area contributed by atoms with Crippen LogP contribution in [0.1, 0.15) is 10.4 Å². The van der Waals surface area contributed by atoms with Crippen LogP contribution in [0.15, 0.2) is 55.1 Å². The summed E-state index contributed by atoms with van der Waals surface area (Å²) >= 11 is 7.70. The molecule has 0 fully saturated rings. The molecule has 0 spiro atoms. The minimum atomic E-state index is -0.366. The van der Waals surface area contributed by atoms with E-state index in [1.807, 2.05) is 30.3 Å². The molecule has 0 bridgehead atoms. The predicted octanol–water partition coefficient (Wildman–Crippen LogP) is 4.96. The smallest absolute Gasteiger partial charge is 0.338 e. The van der Waals surface area contributed by atoms with Gasteiger partial charge in [0.2, 0.25) is 0 Å². The second-order valence-corrected chi connectivity index (χ2v) is 6.01. The number of hydrogen-bond acceptors (Lipinski definition) is 4. The number of benzene rings is 2. The van der Waals surface area contributed by atoms with Crippen molar-refractivity contribution < 1.29 is 9.53 Å². The van der Waals surface area contributed by atoms with Crippen molar-refractivity contribution in [3.8, 4) is 10.6 Å². The molecule has 2 aromatic carbocycles. The summed E-state index contributed by atoms with van der Waals surface area (Å²) < 4.78 is 5.96. The number of carbonyl (C=O) groups excluding carboxylic acids is 1. The van der Waals surface area contributed by atoms with Crippen LogP contribution >= 0.6 is 22.9 Å². The molecule has 22 heavy (non-hydrogen) atoms. The van der Waals surface area contributed by atoms with Gasteiger partial charge in [-0.25, -0.2) is 9.78 Å². The van der Waals surface area contributed by atoms with Crippen molar-refractivity contribution in [2.45, 2.75) is 0 Å². The van der Waals surface area contributed by atoms with Crippen molar-refractivity contribution in [3.05, 3.63) is 65.7 Å². The second kappa shape index (κ2) is 6.30. The van der Waals surface area contributed by atoms with E-state index in [1.54, 1.807) is 18.2 Å². The fourth-order valence-corrected chi connectivity index (χ4v) is 3.35. The van der Waals surface area contributed by atoms with Gasteiger partial charge in [0.05, 0.1) is 20.8 Å². The van der Waals surface area contributed by atoms with Crippen LogP contribution in [0.4, 0.5) is 0 Å². The number of halogens is 1. The van der Waals surface area contributed by atoms with E-state index >= 15 is 0 Å². The van der Waals surface area contributed by atoms with Gasteiger partial charge in [0.25, 0.3) is 0 Å². The molecule has 0 radical (unpaired) electrons. The van der Waals surface area contributed by atoms with Gasteiger partial charge in [-0.15, -0.1) is 11.3 Å². The number of ether oxygens (including phenoxy) is 1. The first-order valence-electron chi connectivity index (χ1n) is 6.62. The van der Waals surface area contributed by atoms with Gasteiger partial charge in [0.1, 0.15) is 11.6 Å². The van der Waals surface area contributed by atoms with Gasteiger partial charge in [-0.3, -0.25) is 0 Å². The van der Waals surface area contributed by atoms with Gasteiger partial charge in [0, 0.05) is 5.56 Å². The van der Waals surface area contributed by atoms with Crippen LogP contribution in [-0.2, 0) is 4.74 Å². The van der Waals surface area contributed by atoms with Crippen molar-refractivity contribution in [2.75, 3.05) is 6.61 Å². The van der Waals surface area contributed by atoms with Gasteiger partial charge < -0.3 is 4.74 Å². The van der Waals surface area contributed by atoms with E-state index in [1.165, 1.54) is 11.3 Å². The lowest BCUT2D eigenvalue weighted by Crippen LogP contribution is -2.04. The number of carbonyl (C=O) groups is 1. The zero-order valence-corrected chi connectivity index (χ0v) is 13.2. The maximum Gasteiger partial charge on any atom is 0.338 e. The van der Waals surface area contributed by atoms with E-state index in [0.717, 1.165) is 20.8 Å². The molecular weight excluding hydrogens is 318 g/mol. The number of hydrogen-bond donors (Lipinski definition) is 0. The van der Waals surface area contributed by atoms with Crippen LogP contribution < -0.4 is 0 Å². The molecule has 110 valence electrons. The van der Waals surface area contributed by atoms with Crippen LogP contribution in [0.25, 0.3) is 20.8 Å². The summed E-state index contributed by atoms with van der Waals surface area (Å²) in [7, 11) is 0. The van der Waals surface area contributed by atoms with Crippen molar-refractivity contribution in [1.29, 1.82) is 0 Å². The van der Waals surface area contributed by atoms with Crippen LogP contribution in [0.2, 0.25) is 5.02 Å². The lowest BCUT2D eigenvalue weighted by Gasteiger charge is -2.00. The molecule has 3 rings (SSSR count). The molecule has 0 atom stereocenters. The fraction of sp³-hybridized carbons (Fsp3) is 0.0588. The number of esters is 1. The Morgan fingerprint density at radius 2 is 2.14 bits per heavy atom. The predicted molar refractivity (Wildman–Crippen MR) is 90.5 cm³/mol. The normalized spacial score (nSPS) is 10.6. The average molecular weight is 330 g/mol. The van der Waals surface area contributed by atoms with Gasteiger partial charge in [-0.2, -0.15) is 0 Å². The highest BCUT2D eigenvalue weighted by molar-refractivity contribution is 7.21. The quantitative estimate of drug-likeness (QED) is 0.501. The second-order valence-electron chi connectivity index (χ2n) is 4.57. The molecule has 0 saturated carbocycles. The number of thiazole rings is 1. The van der Waals surface area contributed by atoms with E-state index in [4.69, 9.17) is 16.3 Å². The number of fused-ring (bicyclic) bond motifs is 1. The summed E-state index contributed by atoms with van der Waals surface area (Å²) in [5.41, 5.74) is 2.23. The monoisotopic (exact) mass is 329 g/mol. The minimum Gasteiger partial charge on any atom is -0.458 e. The lowest BCUT2D eigenvalue weighted by atomic mass is 10.2. The summed E-state index contributed by atoms with van der Waals surface area (Å²) in [6, 6.07) is 12.9. The Balaban J connectivity index is 1.99. The molecule has 3 nitrogen and oxygen atoms in total. The summed E-state index contributed by atoms with van der Waals surface area (Å²) in [6.45, 7) is 3.72. The fourth-order valence-electron chi connectivity index (χ4n) is 2.02. The topological polar surface area (TPSA) is 39.2 Å². The summed E-state index contributed by atoms with van der Waals surface area (Å²) in [5, 5.41) is 1.49. The average Bonchev–Trinajstić information content (AvgIpc) is 2.95. The van der Waals surface area contributed by atoms with E-state index in [0.29, 0.717) is 10.6 Å². The van der Waals surface area contributed by atoms with Gasteiger partial charge in [-0.1, -0.05) is 42.5 Å². The van der Waals surface area contributed by atoms with E-state index in [9.17, 15) is 4.79 Å². The first kappa shape index (κ1) is 14.8. The van der Waals surface area contributed by atoms with Crippen LogP contribution in [0.3, 0.4) is 0 Å². The molecule has 0 aliphatic rings. The summed E-state index contributed by atoms with van der Waals surface area (Å²) in [6.07, 6.45) is 1.54. The highest BCUT2D eigenvalue weighted by atomic mass is 35.5. The van der Waals surface area contributed by atoms with Crippen LogP contribution in [0, 0.1) is 0 Å². The molecule has 1 aromatic heterocycles. The minimum absolute atomic E-state index is 0.199. The molecule has 0 amide bonds. The van der Waals surface area contributed by atoms with Crippen molar-refractivity contribution >= 4 is 39.1 Å². The molecule has 3 aromatic rings. The molecule has 0 saturated heterocycles. The van der Waals surface area contributed by atoms with Gasteiger partial charge in [-0.05, 0) is 24.3 Å². The van der Waals surface area contributed by atoms with E-state index in [-0.39, 0.29) is 12.6 Å². The van der Waals surface area contributed by atoms with Gasteiger partial charge >= 0.3 is 5.97 Å². The third kappa shape index (κ3) is 2.89.